The molecule has 1 saturated carbocycles. The van der Waals surface area contributed by atoms with Gasteiger partial charge in [0.25, 0.3) is 0 Å². The molecule has 3 N–H and O–H groups in total. The van der Waals surface area contributed by atoms with E-state index in [4.69, 9.17) is 10.5 Å². The van der Waals surface area contributed by atoms with Crippen LogP contribution in [0.4, 0.5) is 4.79 Å². The van der Waals surface area contributed by atoms with E-state index in [1.54, 1.807) is 20.8 Å². The topological polar surface area (TPSA) is 81.4 Å². The monoisotopic (exact) mass is 228 g/mol. The number of ether oxygens (including phenoxy) is 1. The van der Waals surface area contributed by atoms with Crippen molar-refractivity contribution in [1.29, 1.82) is 0 Å². The van der Waals surface area contributed by atoms with E-state index in [9.17, 15) is 9.59 Å². The quantitative estimate of drug-likeness (QED) is 0.700. The molecule has 0 spiro atoms. The summed E-state index contributed by atoms with van der Waals surface area (Å²) in [5.41, 5.74) is 5.18. The molecule has 2 unspecified atom stereocenters. The van der Waals surface area contributed by atoms with E-state index in [0.717, 1.165) is 0 Å². The number of rotatable bonds is 1. The van der Waals surface area contributed by atoms with Crippen LogP contribution >= 0.6 is 0 Å². The summed E-state index contributed by atoms with van der Waals surface area (Å²) in [4.78, 5) is 22.7. The van der Waals surface area contributed by atoms with Crippen LogP contribution in [0.5, 0.6) is 0 Å². The Morgan fingerprint density at radius 1 is 1.44 bits per heavy atom. The van der Waals surface area contributed by atoms with Crippen molar-refractivity contribution in [2.45, 2.75) is 57.7 Å². The van der Waals surface area contributed by atoms with Gasteiger partial charge in [0, 0.05) is 24.9 Å². The summed E-state index contributed by atoms with van der Waals surface area (Å²) in [7, 11) is 0. The number of carbonyl (C=O) groups excluding carboxylic acids is 2. The Balaban J connectivity index is 2.42. The van der Waals surface area contributed by atoms with Crippen LogP contribution < -0.4 is 11.1 Å². The lowest BCUT2D eigenvalue weighted by molar-refractivity contribution is -0.121. The minimum atomic E-state index is -0.523. The average Bonchev–Trinajstić information content (AvgIpc) is 1.96. The Morgan fingerprint density at radius 3 is 2.56 bits per heavy atom. The summed E-state index contributed by atoms with van der Waals surface area (Å²) in [6, 6.07) is -0.340. The highest BCUT2D eigenvalue weighted by atomic mass is 16.6. The third-order valence-electron chi connectivity index (χ3n) is 2.27. The van der Waals surface area contributed by atoms with E-state index in [2.05, 4.69) is 5.32 Å². The highest BCUT2D eigenvalue weighted by Gasteiger charge is 2.27. The number of alkyl carbamates (subject to hydrolysis) is 1. The van der Waals surface area contributed by atoms with E-state index in [0.29, 0.717) is 19.3 Å². The minimum absolute atomic E-state index is 0.0970. The number of amides is 1. The third kappa shape index (κ3) is 4.61. The molecule has 16 heavy (non-hydrogen) atoms. The van der Waals surface area contributed by atoms with Gasteiger partial charge in [-0.3, -0.25) is 4.79 Å². The molecular weight excluding hydrogens is 208 g/mol. The lowest BCUT2D eigenvalue weighted by atomic mass is 9.91. The van der Waals surface area contributed by atoms with Crippen LogP contribution in [-0.2, 0) is 9.53 Å². The highest BCUT2D eigenvalue weighted by Crippen LogP contribution is 2.15. The SMILES string of the molecule is CC(C)(C)OC(=O)NC1CC(=O)CC(N)C1. The molecule has 0 heterocycles. The van der Waals surface area contributed by atoms with Gasteiger partial charge in [-0.1, -0.05) is 0 Å². The zero-order valence-corrected chi connectivity index (χ0v) is 10.1. The van der Waals surface area contributed by atoms with Gasteiger partial charge in [0.05, 0.1) is 0 Å². The fraction of sp³-hybridized carbons (Fsp3) is 0.818. The molecule has 0 saturated heterocycles. The minimum Gasteiger partial charge on any atom is -0.444 e. The van der Waals surface area contributed by atoms with Crippen molar-refractivity contribution in [2.24, 2.45) is 5.73 Å². The first-order valence-corrected chi connectivity index (χ1v) is 5.53. The van der Waals surface area contributed by atoms with E-state index >= 15 is 0 Å². The second kappa shape index (κ2) is 4.82. The predicted octanol–water partition coefficient (Wildman–Crippen LogP) is 0.960. The van der Waals surface area contributed by atoms with Crippen molar-refractivity contribution < 1.29 is 14.3 Å². The van der Waals surface area contributed by atoms with E-state index in [1.165, 1.54) is 0 Å². The summed E-state index contributed by atoms with van der Waals surface area (Å²) >= 11 is 0. The summed E-state index contributed by atoms with van der Waals surface area (Å²) in [5, 5.41) is 2.67. The molecule has 5 nitrogen and oxygen atoms in total. The van der Waals surface area contributed by atoms with Gasteiger partial charge in [-0.2, -0.15) is 0 Å². The average molecular weight is 228 g/mol. The second-order valence-electron chi connectivity index (χ2n) is 5.29. The van der Waals surface area contributed by atoms with Crippen molar-refractivity contribution in [3.63, 3.8) is 0 Å². The summed E-state index contributed by atoms with van der Waals surface area (Å²) in [6.07, 6.45) is 0.907. The molecule has 1 aliphatic carbocycles. The second-order valence-corrected chi connectivity index (χ2v) is 5.29. The Kier molecular flexibility index (Phi) is 3.91. The van der Waals surface area contributed by atoms with Crippen molar-refractivity contribution in [2.75, 3.05) is 0 Å². The number of hydrogen-bond donors (Lipinski definition) is 2. The standard InChI is InChI=1S/C11H20N2O3/c1-11(2,3)16-10(15)13-8-4-7(12)5-9(14)6-8/h7-8H,4-6,12H2,1-3H3,(H,13,15). The van der Waals surface area contributed by atoms with Crippen molar-refractivity contribution >= 4 is 11.9 Å². The number of hydrogen-bond acceptors (Lipinski definition) is 4. The van der Waals surface area contributed by atoms with Gasteiger partial charge in [-0.15, -0.1) is 0 Å². The molecule has 0 aliphatic heterocycles. The van der Waals surface area contributed by atoms with Gasteiger partial charge >= 0.3 is 6.09 Å². The maximum Gasteiger partial charge on any atom is 0.407 e. The highest BCUT2D eigenvalue weighted by molar-refractivity contribution is 5.81. The van der Waals surface area contributed by atoms with E-state index in [-0.39, 0.29) is 17.9 Å². The van der Waals surface area contributed by atoms with Crippen LogP contribution in [0.15, 0.2) is 0 Å². The van der Waals surface area contributed by atoms with E-state index in [1.807, 2.05) is 0 Å². The zero-order valence-electron chi connectivity index (χ0n) is 10.1. The molecule has 0 radical (unpaired) electrons. The molecule has 1 rings (SSSR count). The van der Waals surface area contributed by atoms with Gasteiger partial charge in [-0.25, -0.2) is 4.79 Å². The molecule has 1 aliphatic rings. The maximum absolute atomic E-state index is 11.5. The summed E-state index contributed by atoms with van der Waals surface area (Å²) in [6.45, 7) is 5.39. The molecule has 0 bridgehead atoms. The number of nitrogens with one attached hydrogen (secondary N) is 1. The molecule has 92 valence electrons. The number of Topliss-reactive ketones (excluding diaryl/α,β-unsaturated/α-hetero) is 1. The normalized spacial score (nSPS) is 26.4. The zero-order chi connectivity index (χ0) is 12.3. The lowest BCUT2D eigenvalue weighted by Gasteiger charge is -2.28. The Hall–Kier alpha value is -1.10. The lowest BCUT2D eigenvalue weighted by Crippen LogP contribution is -2.46. The maximum atomic E-state index is 11.5. The van der Waals surface area contributed by atoms with Gasteiger partial charge in [-0.05, 0) is 27.2 Å². The molecule has 0 aromatic carbocycles. The number of carbonyl (C=O) groups is 2. The van der Waals surface area contributed by atoms with Crippen LogP contribution in [-0.4, -0.2) is 29.6 Å². The first-order valence-electron chi connectivity index (χ1n) is 5.53. The molecule has 2 atom stereocenters. The van der Waals surface area contributed by atoms with E-state index < -0.39 is 11.7 Å². The Labute approximate surface area is 95.7 Å². The van der Waals surface area contributed by atoms with Crippen molar-refractivity contribution in [3.8, 4) is 0 Å². The molecule has 0 aromatic rings. The summed E-state index contributed by atoms with van der Waals surface area (Å²) in [5.74, 6) is 0.0970. The number of nitrogens with two attached hydrogens (primary N) is 1. The Bertz CT molecular complexity index is 283. The molecule has 1 fully saturated rings. The van der Waals surface area contributed by atoms with Crippen molar-refractivity contribution in [3.05, 3.63) is 0 Å². The molecule has 1 amide bonds. The fourth-order valence-corrected chi connectivity index (χ4v) is 1.77. The van der Waals surface area contributed by atoms with Gasteiger partial charge in [0.1, 0.15) is 11.4 Å². The van der Waals surface area contributed by atoms with Crippen LogP contribution in [0.25, 0.3) is 0 Å². The molecular formula is C11H20N2O3. The van der Waals surface area contributed by atoms with Crippen LogP contribution in [0.3, 0.4) is 0 Å². The smallest absolute Gasteiger partial charge is 0.407 e. The summed E-state index contributed by atoms with van der Waals surface area (Å²) < 4.78 is 5.11. The van der Waals surface area contributed by atoms with Crippen molar-refractivity contribution in [1.82, 2.24) is 5.32 Å². The van der Waals surface area contributed by atoms with Gasteiger partial charge in [0.15, 0.2) is 0 Å². The Morgan fingerprint density at radius 2 is 2.06 bits per heavy atom. The third-order valence-corrected chi connectivity index (χ3v) is 2.27. The van der Waals surface area contributed by atoms with Crippen LogP contribution in [0, 0.1) is 0 Å². The first-order chi connectivity index (χ1) is 7.26. The van der Waals surface area contributed by atoms with Crippen LogP contribution in [0.1, 0.15) is 40.0 Å². The van der Waals surface area contributed by atoms with Gasteiger partial charge in [0.2, 0.25) is 0 Å². The fourth-order valence-electron chi connectivity index (χ4n) is 1.77. The number of ketones is 1. The largest absolute Gasteiger partial charge is 0.444 e. The van der Waals surface area contributed by atoms with Gasteiger partial charge < -0.3 is 15.8 Å². The first kappa shape index (κ1) is 13.0. The molecule has 0 aromatic heterocycles. The predicted molar refractivity (Wildman–Crippen MR) is 60.0 cm³/mol. The molecule has 5 heteroatoms. The van der Waals surface area contributed by atoms with Crippen LogP contribution in [0.2, 0.25) is 0 Å².